The molecule has 1 aromatic carbocycles. The summed E-state index contributed by atoms with van der Waals surface area (Å²) in [6, 6.07) is 11.2. The number of anilines is 1. The third-order valence-electron chi connectivity index (χ3n) is 3.55. The lowest BCUT2D eigenvalue weighted by Crippen LogP contribution is -2.39. The van der Waals surface area contributed by atoms with E-state index in [0.29, 0.717) is 5.92 Å². The molecule has 2 rings (SSSR count). The Labute approximate surface area is 125 Å². The molecule has 21 heavy (non-hydrogen) atoms. The summed E-state index contributed by atoms with van der Waals surface area (Å²) in [6.07, 6.45) is 4.30. The van der Waals surface area contributed by atoms with Crippen LogP contribution in [0.15, 0.2) is 48.8 Å². The van der Waals surface area contributed by atoms with Crippen LogP contribution in [-0.4, -0.2) is 11.0 Å². The number of aromatic nitrogens is 1. The van der Waals surface area contributed by atoms with Gasteiger partial charge in [-0.15, -0.1) is 0 Å². The molecule has 0 aliphatic heterocycles. The zero-order chi connectivity index (χ0) is 15.2. The van der Waals surface area contributed by atoms with Crippen LogP contribution in [-0.2, 0) is 11.3 Å². The molecule has 4 heteroatoms. The summed E-state index contributed by atoms with van der Waals surface area (Å²) in [7, 11) is 0. The molecule has 2 N–H and O–H groups in total. The molecule has 0 saturated carbocycles. The van der Waals surface area contributed by atoms with E-state index in [4.69, 9.17) is 0 Å². The number of benzene rings is 1. The van der Waals surface area contributed by atoms with E-state index < -0.39 is 0 Å². The minimum atomic E-state index is -0.110. The van der Waals surface area contributed by atoms with Crippen molar-refractivity contribution < 1.29 is 14.5 Å². The number of hydrogen-bond donors (Lipinski definition) is 2. The van der Waals surface area contributed by atoms with Crippen molar-refractivity contribution in [2.45, 2.75) is 32.7 Å². The molecule has 2 aromatic rings. The van der Waals surface area contributed by atoms with Crippen LogP contribution in [0.3, 0.4) is 0 Å². The first-order chi connectivity index (χ1) is 10.1. The Bertz CT molecular complexity index is 626. The average molecular weight is 285 g/mol. The van der Waals surface area contributed by atoms with E-state index in [1.807, 2.05) is 24.3 Å². The molecule has 0 fully saturated rings. The Balaban J connectivity index is 2.09. The highest BCUT2D eigenvalue weighted by molar-refractivity contribution is 5.90. The van der Waals surface area contributed by atoms with Crippen LogP contribution in [0.4, 0.5) is 5.69 Å². The summed E-state index contributed by atoms with van der Waals surface area (Å²) < 4.78 is 1.65. The SMILES string of the molecule is CC[C@H](C)c1ccccc1NC(=O)C[n+]1cccc(O)c1. The van der Waals surface area contributed by atoms with Gasteiger partial charge in [-0.25, -0.2) is 0 Å². The smallest absolute Gasteiger partial charge is 0.290 e. The number of nitrogens with one attached hydrogen (secondary N) is 1. The lowest BCUT2D eigenvalue weighted by molar-refractivity contribution is -0.684. The van der Waals surface area contributed by atoms with Crippen LogP contribution in [0.1, 0.15) is 31.7 Å². The quantitative estimate of drug-likeness (QED) is 0.830. The van der Waals surface area contributed by atoms with Crippen LogP contribution >= 0.6 is 0 Å². The number of carbonyl (C=O) groups excluding carboxylic acids is 1. The van der Waals surface area contributed by atoms with Crippen molar-refractivity contribution in [1.29, 1.82) is 0 Å². The normalized spacial score (nSPS) is 11.9. The number of amides is 1. The Kier molecular flexibility index (Phi) is 4.93. The minimum absolute atomic E-state index is 0.110. The third-order valence-corrected chi connectivity index (χ3v) is 3.55. The summed E-state index contributed by atoms with van der Waals surface area (Å²) >= 11 is 0. The van der Waals surface area contributed by atoms with Crippen LogP contribution in [0.5, 0.6) is 5.75 Å². The fourth-order valence-corrected chi connectivity index (χ4v) is 2.22. The molecule has 0 aliphatic rings. The molecule has 1 atom stereocenters. The summed E-state index contributed by atoms with van der Waals surface area (Å²) in [4.78, 5) is 12.1. The van der Waals surface area contributed by atoms with Crippen molar-refractivity contribution in [3.63, 3.8) is 0 Å². The lowest BCUT2D eigenvalue weighted by atomic mass is 9.97. The molecule has 0 radical (unpaired) electrons. The first-order valence-electron chi connectivity index (χ1n) is 7.17. The highest BCUT2D eigenvalue weighted by atomic mass is 16.3. The van der Waals surface area contributed by atoms with Crippen LogP contribution < -0.4 is 9.88 Å². The summed E-state index contributed by atoms with van der Waals surface area (Å²) in [5.74, 6) is 0.432. The molecular formula is C17H21N2O2+. The van der Waals surface area contributed by atoms with Gasteiger partial charge >= 0.3 is 0 Å². The molecule has 0 bridgehead atoms. The molecule has 1 amide bonds. The molecule has 0 aliphatic carbocycles. The summed E-state index contributed by atoms with van der Waals surface area (Å²) in [6.45, 7) is 4.45. The Morgan fingerprint density at radius 2 is 2.05 bits per heavy atom. The van der Waals surface area contributed by atoms with Crippen molar-refractivity contribution in [2.75, 3.05) is 5.32 Å². The second-order valence-electron chi connectivity index (χ2n) is 5.18. The van der Waals surface area contributed by atoms with Gasteiger partial charge in [0.2, 0.25) is 12.7 Å². The first-order valence-corrected chi connectivity index (χ1v) is 7.17. The fourth-order valence-electron chi connectivity index (χ4n) is 2.22. The molecular weight excluding hydrogens is 264 g/mol. The number of pyridine rings is 1. The molecule has 0 spiro atoms. The van der Waals surface area contributed by atoms with Crippen LogP contribution in [0.25, 0.3) is 0 Å². The lowest BCUT2D eigenvalue weighted by Gasteiger charge is -2.14. The Morgan fingerprint density at radius 3 is 2.76 bits per heavy atom. The van der Waals surface area contributed by atoms with E-state index in [9.17, 15) is 9.90 Å². The molecule has 1 aromatic heterocycles. The largest absolute Gasteiger partial charge is 0.503 e. The average Bonchev–Trinajstić information content (AvgIpc) is 2.47. The van der Waals surface area contributed by atoms with Gasteiger partial charge in [0.15, 0.2) is 11.9 Å². The molecule has 4 nitrogen and oxygen atoms in total. The number of hydrogen-bond acceptors (Lipinski definition) is 2. The highest BCUT2D eigenvalue weighted by Crippen LogP contribution is 2.26. The standard InChI is InChI=1S/C17H20N2O2/c1-3-13(2)15-8-4-5-9-16(15)18-17(21)12-19-10-6-7-14(20)11-19/h4-11,13H,3,12H2,1-2H3,(H-,18,20,21)/p+1/t13-/m0/s1. The Hall–Kier alpha value is -2.36. The monoisotopic (exact) mass is 285 g/mol. The molecule has 0 unspecified atom stereocenters. The van der Waals surface area contributed by atoms with Gasteiger partial charge in [0.25, 0.3) is 5.91 Å². The number of para-hydroxylation sites is 1. The van der Waals surface area contributed by atoms with Gasteiger partial charge in [-0.2, -0.15) is 4.57 Å². The van der Waals surface area contributed by atoms with Crippen molar-refractivity contribution in [1.82, 2.24) is 0 Å². The zero-order valence-corrected chi connectivity index (χ0v) is 12.4. The van der Waals surface area contributed by atoms with Gasteiger partial charge in [0.05, 0.1) is 0 Å². The molecule has 0 saturated heterocycles. The maximum absolute atomic E-state index is 12.1. The van der Waals surface area contributed by atoms with Gasteiger partial charge in [0.1, 0.15) is 0 Å². The van der Waals surface area contributed by atoms with Gasteiger partial charge < -0.3 is 10.4 Å². The van der Waals surface area contributed by atoms with Crippen molar-refractivity contribution in [3.05, 3.63) is 54.4 Å². The summed E-state index contributed by atoms with van der Waals surface area (Å²) in [5, 5.41) is 12.4. The van der Waals surface area contributed by atoms with Crippen molar-refractivity contribution in [3.8, 4) is 5.75 Å². The van der Waals surface area contributed by atoms with E-state index in [-0.39, 0.29) is 18.2 Å². The third kappa shape index (κ3) is 4.05. The number of aromatic hydroxyl groups is 1. The molecule has 110 valence electrons. The Morgan fingerprint density at radius 1 is 1.29 bits per heavy atom. The first kappa shape index (κ1) is 15.0. The number of nitrogens with zero attached hydrogens (tertiary/aromatic N) is 1. The summed E-state index contributed by atoms with van der Waals surface area (Å²) in [5.41, 5.74) is 2.01. The van der Waals surface area contributed by atoms with Crippen LogP contribution in [0, 0.1) is 0 Å². The van der Waals surface area contributed by atoms with E-state index in [2.05, 4.69) is 19.2 Å². The maximum atomic E-state index is 12.1. The van der Waals surface area contributed by atoms with Crippen molar-refractivity contribution >= 4 is 11.6 Å². The minimum Gasteiger partial charge on any atom is -0.503 e. The fraction of sp³-hybridized carbons (Fsp3) is 0.294. The van der Waals surface area contributed by atoms with Crippen molar-refractivity contribution in [2.24, 2.45) is 0 Å². The van der Waals surface area contributed by atoms with Gasteiger partial charge in [0, 0.05) is 11.8 Å². The predicted molar refractivity (Wildman–Crippen MR) is 82.1 cm³/mol. The van der Waals surface area contributed by atoms with Gasteiger partial charge in [-0.3, -0.25) is 4.79 Å². The van der Waals surface area contributed by atoms with E-state index in [0.717, 1.165) is 17.7 Å². The van der Waals surface area contributed by atoms with Gasteiger partial charge in [-0.05, 0) is 30.0 Å². The molecule has 1 heterocycles. The van der Waals surface area contributed by atoms with E-state index in [1.54, 1.807) is 22.9 Å². The highest BCUT2D eigenvalue weighted by Gasteiger charge is 2.14. The predicted octanol–water partition coefficient (Wildman–Crippen LogP) is 2.83. The van der Waals surface area contributed by atoms with E-state index in [1.165, 1.54) is 6.20 Å². The second kappa shape index (κ2) is 6.88. The second-order valence-corrected chi connectivity index (χ2v) is 5.18. The maximum Gasteiger partial charge on any atom is 0.290 e. The number of carbonyl (C=O) groups is 1. The van der Waals surface area contributed by atoms with Gasteiger partial charge in [-0.1, -0.05) is 32.0 Å². The van der Waals surface area contributed by atoms with Crippen LogP contribution in [0.2, 0.25) is 0 Å². The number of rotatable bonds is 5. The topological polar surface area (TPSA) is 53.2 Å². The zero-order valence-electron chi connectivity index (χ0n) is 12.4. The van der Waals surface area contributed by atoms with E-state index >= 15 is 0 Å².